The average Bonchev–Trinajstić information content (AvgIpc) is 2.43. The van der Waals surface area contributed by atoms with Crippen LogP contribution in [0.25, 0.3) is 0 Å². The molecule has 1 aliphatic rings. The Bertz CT molecular complexity index is 576. The predicted octanol–water partition coefficient (Wildman–Crippen LogP) is 2.22. The maximum absolute atomic E-state index is 13.1. The van der Waals surface area contributed by atoms with Gasteiger partial charge in [-0.2, -0.15) is 0 Å². The van der Waals surface area contributed by atoms with E-state index in [1.807, 2.05) is 0 Å². The lowest BCUT2D eigenvalue weighted by Crippen LogP contribution is -2.48. The number of carbonyl (C=O) groups is 2. The highest BCUT2D eigenvalue weighted by Crippen LogP contribution is 2.30. The van der Waals surface area contributed by atoms with E-state index in [1.54, 1.807) is 6.92 Å². The highest BCUT2D eigenvalue weighted by Gasteiger charge is 2.39. The van der Waals surface area contributed by atoms with Crippen LogP contribution in [0, 0.1) is 17.0 Å². The number of halogens is 2. The van der Waals surface area contributed by atoms with Gasteiger partial charge < -0.3 is 10.0 Å². The van der Waals surface area contributed by atoms with Crippen molar-refractivity contribution in [1.29, 1.82) is 0 Å². The first-order chi connectivity index (χ1) is 9.82. The largest absolute Gasteiger partial charge is 0.481 e. The number of amides is 1. The fraction of sp³-hybridized carbons (Fsp3) is 0.467. The molecule has 1 aromatic rings. The molecule has 4 nitrogen and oxygen atoms in total. The maximum atomic E-state index is 13.1. The van der Waals surface area contributed by atoms with E-state index in [2.05, 4.69) is 0 Å². The summed E-state index contributed by atoms with van der Waals surface area (Å²) in [5.74, 6) is -3.14. The molecule has 1 aliphatic heterocycles. The van der Waals surface area contributed by atoms with E-state index in [0.717, 1.165) is 12.1 Å². The summed E-state index contributed by atoms with van der Waals surface area (Å²) in [6, 6.07) is 3.33. The van der Waals surface area contributed by atoms with Gasteiger partial charge in [0.15, 0.2) is 11.6 Å². The first-order valence-corrected chi connectivity index (χ1v) is 6.77. The SMILES string of the molecule is CC1(C(=O)O)CCCN(C(=O)Cc2ccc(F)c(F)c2)C1. The Morgan fingerprint density at radius 1 is 1.33 bits per heavy atom. The van der Waals surface area contributed by atoms with Gasteiger partial charge in [-0.05, 0) is 37.5 Å². The molecule has 2 rings (SSSR count). The van der Waals surface area contributed by atoms with Gasteiger partial charge in [0.25, 0.3) is 0 Å². The molecular formula is C15H17F2NO3. The van der Waals surface area contributed by atoms with E-state index in [1.165, 1.54) is 11.0 Å². The summed E-state index contributed by atoms with van der Waals surface area (Å²) in [7, 11) is 0. The molecule has 1 heterocycles. The summed E-state index contributed by atoms with van der Waals surface area (Å²) in [6.07, 6.45) is 1.08. The Morgan fingerprint density at radius 3 is 2.67 bits per heavy atom. The van der Waals surface area contributed by atoms with Crippen LogP contribution in [0.5, 0.6) is 0 Å². The summed E-state index contributed by atoms with van der Waals surface area (Å²) in [5.41, 5.74) is -0.566. The first-order valence-electron chi connectivity index (χ1n) is 6.77. The van der Waals surface area contributed by atoms with Gasteiger partial charge in [0.05, 0.1) is 11.8 Å². The lowest BCUT2D eigenvalue weighted by Gasteiger charge is -2.37. The number of piperidine rings is 1. The second kappa shape index (κ2) is 5.79. The van der Waals surface area contributed by atoms with Crippen molar-refractivity contribution in [2.24, 2.45) is 5.41 Å². The Morgan fingerprint density at radius 2 is 2.05 bits per heavy atom. The van der Waals surface area contributed by atoms with E-state index in [4.69, 9.17) is 0 Å². The van der Waals surface area contributed by atoms with E-state index >= 15 is 0 Å². The molecule has 6 heteroatoms. The zero-order valence-corrected chi connectivity index (χ0v) is 11.7. The van der Waals surface area contributed by atoms with E-state index in [0.29, 0.717) is 24.9 Å². The van der Waals surface area contributed by atoms with Crippen LogP contribution in [0.2, 0.25) is 0 Å². The molecule has 1 fully saturated rings. The summed E-state index contributed by atoms with van der Waals surface area (Å²) in [5, 5.41) is 9.22. The minimum atomic E-state index is -0.991. The van der Waals surface area contributed by atoms with Crippen LogP contribution in [0.4, 0.5) is 8.78 Å². The molecule has 114 valence electrons. The number of carboxylic acid groups (broad SMARTS) is 1. The van der Waals surface area contributed by atoms with Crippen LogP contribution in [0.1, 0.15) is 25.3 Å². The molecule has 0 bridgehead atoms. The normalized spacial score (nSPS) is 22.1. The summed E-state index contributed by atoms with van der Waals surface area (Å²) >= 11 is 0. The standard InChI is InChI=1S/C15H17F2NO3/c1-15(14(20)21)5-2-6-18(9-15)13(19)8-10-3-4-11(16)12(17)7-10/h3-4,7H,2,5-6,8-9H2,1H3,(H,20,21). The van der Waals surface area contributed by atoms with Gasteiger partial charge in [0.1, 0.15) is 0 Å². The van der Waals surface area contributed by atoms with Gasteiger partial charge in [-0.25, -0.2) is 8.78 Å². The van der Waals surface area contributed by atoms with Crippen molar-refractivity contribution in [3.63, 3.8) is 0 Å². The second-order valence-corrected chi connectivity index (χ2v) is 5.71. The molecule has 21 heavy (non-hydrogen) atoms. The number of carboxylic acids is 1. The summed E-state index contributed by atoms with van der Waals surface area (Å²) in [6.45, 7) is 2.25. The van der Waals surface area contributed by atoms with E-state index in [9.17, 15) is 23.5 Å². The predicted molar refractivity (Wildman–Crippen MR) is 71.6 cm³/mol. The van der Waals surface area contributed by atoms with Crippen LogP contribution < -0.4 is 0 Å². The number of rotatable bonds is 3. The maximum Gasteiger partial charge on any atom is 0.311 e. The molecule has 0 saturated carbocycles. The van der Waals surface area contributed by atoms with Crippen molar-refractivity contribution in [3.05, 3.63) is 35.4 Å². The Hall–Kier alpha value is -1.98. The number of nitrogens with zero attached hydrogens (tertiary/aromatic N) is 1. The number of hydrogen-bond acceptors (Lipinski definition) is 2. The number of carbonyl (C=O) groups excluding carboxylic acids is 1. The summed E-state index contributed by atoms with van der Waals surface area (Å²) < 4.78 is 26.0. The molecule has 0 radical (unpaired) electrons. The Balaban J connectivity index is 2.06. The third-order valence-corrected chi connectivity index (χ3v) is 3.90. The lowest BCUT2D eigenvalue weighted by atomic mass is 9.82. The van der Waals surface area contributed by atoms with Gasteiger partial charge in [-0.3, -0.25) is 9.59 Å². The average molecular weight is 297 g/mol. The monoisotopic (exact) mass is 297 g/mol. The molecular weight excluding hydrogens is 280 g/mol. The van der Waals surface area contributed by atoms with Crippen LogP contribution in [0.3, 0.4) is 0 Å². The molecule has 1 atom stereocenters. The highest BCUT2D eigenvalue weighted by molar-refractivity contribution is 5.81. The molecule has 1 N–H and O–H groups in total. The molecule has 1 amide bonds. The second-order valence-electron chi connectivity index (χ2n) is 5.71. The van der Waals surface area contributed by atoms with Crippen LogP contribution >= 0.6 is 0 Å². The minimum Gasteiger partial charge on any atom is -0.481 e. The van der Waals surface area contributed by atoms with Crippen molar-refractivity contribution in [2.75, 3.05) is 13.1 Å². The zero-order chi connectivity index (χ0) is 15.6. The van der Waals surface area contributed by atoms with E-state index < -0.39 is 23.0 Å². The lowest BCUT2D eigenvalue weighted by molar-refractivity contribution is -0.153. The van der Waals surface area contributed by atoms with E-state index in [-0.39, 0.29) is 18.9 Å². The number of likely N-dealkylation sites (tertiary alicyclic amines) is 1. The third kappa shape index (κ3) is 3.37. The quantitative estimate of drug-likeness (QED) is 0.930. The van der Waals surface area contributed by atoms with Crippen LogP contribution in [0.15, 0.2) is 18.2 Å². The van der Waals surface area contributed by atoms with Crippen LogP contribution in [-0.2, 0) is 16.0 Å². The van der Waals surface area contributed by atoms with Crippen molar-refractivity contribution < 1.29 is 23.5 Å². The third-order valence-electron chi connectivity index (χ3n) is 3.90. The fourth-order valence-corrected chi connectivity index (χ4v) is 2.56. The van der Waals surface area contributed by atoms with Crippen molar-refractivity contribution >= 4 is 11.9 Å². The Kier molecular flexibility index (Phi) is 4.25. The minimum absolute atomic E-state index is 0.0626. The summed E-state index contributed by atoms with van der Waals surface area (Å²) in [4.78, 5) is 24.9. The Labute approximate surface area is 121 Å². The molecule has 1 unspecified atom stereocenters. The smallest absolute Gasteiger partial charge is 0.311 e. The van der Waals surface area contributed by atoms with Gasteiger partial charge in [0, 0.05) is 13.1 Å². The first kappa shape index (κ1) is 15.4. The number of hydrogen-bond donors (Lipinski definition) is 1. The number of benzene rings is 1. The molecule has 0 aliphatic carbocycles. The van der Waals surface area contributed by atoms with Crippen LogP contribution in [-0.4, -0.2) is 35.0 Å². The highest BCUT2D eigenvalue weighted by atomic mass is 19.2. The van der Waals surface area contributed by atoms with Crippen molar-refractivity contribution in [3.8, 4) is 0 Å². The van der Waals surface area contributed by atoms with Gasteiger partial charge in [-0.1, -0.05) is 6.07 Å². The van der Waals surface area contributed by atoms with Gasteiger partial charge in [-0.15, -0.1) is 0 Å². The van der Waals surface area contributed by atoms with Crippen molar-refractivity contribution in [1.82, 2.24) is 4.90 Å². The zero-order valence-electron chi connectivity index (χ0n) is 11.7. The number of aliphatic carboxylic acids is 1. The fourth-order valence-electron chi connectivity index (χ4n) is 2.56. The topological polar surface area (TPSA) is 57.6 Å². The van der Waals surface area contributed by atoms with Gasteiger partial charge >= 0.3 is 5.97 Å². The van der Waals surface area contributed by atoms with Gasteiger partial charge in [0.2, 0.25) is 5.91 Å². The molecule has 0 aromatic heterocycles. The molecule has 1 aromatic carbocycles. The molecule has 1 saturated heterocycles. The molecule has 0 spiro atoms. The van der Waals surface area contributed by atoms with Crippen molar-refractivity contribution in [2.45, 2.75) is 26.2 Å².